The third-order valence-electron chi connectivity index (χ3n) is 4.46. The van der Waals surface area contributed by atoms with Crippen molar-refractivity contribution in [3.63, 3.8) is 0 Å². The van der Waals surface area contributed by atoms with Crippen molar-refractivity contribution in [1.29, 1.82) is 0 Å². The summed E-state index contributed by atoms with van der Waals surface area (Å²) in [6.07, 6.45) is -0.828. The second-order valence-electron chi connectivity index (χ2n) is 6.81. The van der Waals surface area contributed by atoms with Crippen LogP contribution in [0.25, 0.3) is 0 Å². The average molecular weight is 452 g/mol. The molecule has 0 saturated heterocycles. The molecule has 1 heterocycles. The zero-order valence-corrected chi connectivity index (χ0v) is 16.9. The fourth-order valence-electron chi connectivity index (χ4n) is 2.78. The van der Waals surface area contributed by atoms with Crippen LogP contribution in [0, 0.1) is 17.5 Å². The first-order valence-electron chi connectivity index (χ1n) is 9.53. The molecule has 170 valence electrons. The zero-order valence-electron chi connectivity index (χ0n) is 16.9. The zero-order chi connectivity index (χ0) is 23.3. The van der Waals surface area contributed by atoms with Crippen LogP contribution in [-0.2, 0) is 25.5 Å². The van der Waals surface area contributed by atoms with Gasteiger partial charge in [0.25, 0.3) is 5.91 Å². The van der Waals surface area contributed by atoms with Crippen molar-refractivity contribution in [3.05, 3.63) is 53.3 Å². The predicted octanol–water partition coefficient (Wildman–Crippen LogP) is 2.45. The number of ether oxygens (including phenoxy) is 3. The molecule has 0 fully saturated rings. The van der Waals surface area contributed by atoms with Crippen molar-refractivity contribution in [3.8, 4) is 11.5 Å². The predicted molar refractivity (Wildman–Crippen MR) is 104 cm³/mol. The Hall–Kier alpha value is -3.76. The summed E-state index contributed by atoms with van der Waals surface area (Å²) >= 11 is 0. The molecule has 2 aromatic carbocycles. The summed E-state index contributed by atoms with van der Waals surface area (Å²) in [5, 5.41) is 4.21. The summed E-state index contributed by atoms with van der Waals surface area (Å²) in [6, 6.07) is 6.76. The number of carbonyl (C=O) groups is 3. The highest BCUT2D eigenvalue weighted by molar-refractivity contribution is 5.95. The van der Waals surface area contributed by atoms with Gasteiger partial charge in [0.1, 0.15) is 0 Å². The first-order valence-corrected chi connectivity index (χ1v) is 9.53. The number of nitrogens with one attached hydrogen (secondary N) is 2. The third-order valence-corrected chi connectivity index (χ3v) is 4.46. The van der Waals surface area contributed by atoms with Gasteiger partial charge in [0.15, 0.2) is 35.1 Å². The number of aryl methyl sites for hydroxylation is 1. The van der Waals surface area contributed by atoms with Gasteiger partial charge in [0, 0.05) is 6.42 Å². The molecule has 8 nitrogen and oxygen atoms in total. The number of halogens is 3. The van der Waals surface area contributed by atoms with Crippen LogP contribution in [0.5, 0.6) is 11.5 Å². The molecule has 0 saturated carbocycles. The lowest BCUT2D eigenvalue weighted by molar-refractivity contribution is -0.154. The van der Waals surface area contributed by atoms with E-state index in [1.165, 1.54) is 6.92 Å². The van der Waals surface area contributed by atoms with E-state index in [0.717, 1.165) is 11.6 Å². The minimum atomic E-state index is -1.73. The summed E-state index contributed by atoms with van der Waals surface area (Å²) in [6.45, 7) is 0.859. The quantitative estimate of drug-likeness (QED) is 0.471. The average Bonchev–Trinajstić information content (AvgIpc) is 3.24. The van der Waals surface area contributed by atoms with Crippen LogP contribution in [-0.4, -0.2) is 37.2 Å². The second-order valence-corrected chi connectivity index (χ2v) is 6.81. The minimum Gasteiger partial charge on any atom is -0.454 e. The highest BCUT2D eigenvalue weighted by atomic mass is 19.2. The van der Waals surface area contributed by atoms with Crippen molar-refractivity contribution in [2.45, 2.75) is 25.9 Å². The monoisotopic (exact) mass is 452 g/mol. The SMILES string of the molecule is CC(OC(=O)CCc1ccc2c(c1)OCO2)C(=O)NCC(=O)Nc1ccc(F)c(F)c1F. The van der Waals surface area contributed by atoms with E-state index in [4.69, 9.17) is 14.2 Å². The van der Waals surface area contributed by atoms with Gasteiger partial charge in [-0.15, -0.1) is 0 Å². The van der Waals surface area contributed by atoms with E-state index in [1.807, 2.05) is 5.32 Å². The maximum atomic E-state index is 13.6. The first-order chi connectivity index (χ1) is 15.2. The van der Waals surface area contributed by atoms with E-state index in [0.29, 0.717) is 24.0 Å². The number of amides is 2. The Morgan fingerprint density at radius 1 is 1.06 bits per heavy atom. The summed E-state index contributed by atoms with van der Waals surface area (Å²) in [5.41, 5.74) is 0.246. The molecule has 0 aliphatic carbocycles. The molecule has 1 aliphatic heterocycles. The van der Waals surface area contributed by atoms with Crippen molar-refractivity contribution in [2.24, 2.45) is 0 Å². The van der Waals surface area contributed by atoms with E-state index < -0.39 is 53.6 Å². The number of rotatable bonds is 8. The first kappa shape index (κ1) is 22.9. The number of esters is 1. The highest BCUT2D eigenvalue weighted by Gasteiger charge is 2.20. The van der Waals surface area contributed by atoms with Crippen LogP contribution in [0.15, 0.2) is 30.3 Å². The highest BCUT2D eigenvalue weighted by Crippen LogP contribution is 2.32. The molecule has 11 heteroatoms. The van der Waals surface area contributed by atoms with E-state index in [-0.39, 0.29) is 13.2 Å². The number of fused-ring (bicyclic) bond motifs is 1. The molecule has 1 unspecified atom stereocenters. The fourth-order valence-corrected chi connectivity index (χ4v) is 2.78. The minimum absolute atomic E-state index is 0.00710. The van der Waals surface area contributed by atoms with Crippen LogP contribution in [0.2, 0.25) is 0 Å². The molecule has 0 radical (unpaired) electrons. The Balaban J connectivity index is 1.40. The summed E-state index contributed by atoms with van der Waals surface area (Å²) in [4.78, 5) is 35.8. The number of hydrogen-bond acceptors (Lipinski definition) is 6. The second kappa shape index (κ2) is 10.0. The van der Waals surface area contributed by atoms with Crippen molar-refractivity contribution >= 4 is 23.5 Å². The normalized spacial score (nSPS) is 12.8. The molecule has 0 bridgehead atoms. The van der Waals surface area contributed by atoms with Gasteiger partial charge in [-0.3, -0.25) is 14.4 Å². The molecule has 2 aromatic rings. The van der Waals surface area contributed by atoms with E-state index in [1.54, 1.807) is 18.2 Å². The number of benzene rings is 2. The Morgan fingerprint density at radius 2 is 1.81 bits per heavy atom. The number of hydrogen-bond donors (Lipinski definition) is 2. The summed E-state index contributed by atoms with van der Waals surface area (Å²) < 4.78 is 55.2. The molecular weight excluding hydrogens is 433 g/mol. The van der Waals surface area contributed by atoms with Crippen LogP contribution in [0.1, 0.15) is 18.9 Å². The molecule has 0 spiro atoms. The van der Waals surface area contributed by atoms with Crippen LogP contribution >= 0.6 is 0 Å². The summed E-state index contributed by atoms with van der Waals surface area (Å²) in [7, 11) is 0. The molecule has 1 aliphatic rings. The Morgan fingerprint density at radius 3 is 2.59 bits per heavy atom. The lowest BCUT2D eigenvalue weighted by Crippen LogP contribution is -2.40. The van der Waals surface area contributed by atoms with Crippen molar-refractivity contribution in [1.82, 2.24) is 5.32 Å². The van der Waals surface area contributed by atoms with E-state index >= 15 is 0 Å². The van der Waals surface area contributed by atoms with Crippen molar-refractivity contribution < 1.29 is 41.8 Å². The lowest BCUT2D eigenvalue weighted by Gasteiger charge is -2.14. The third kappa shape index (κ3) is 5.68. The Kier molecular flexibility index (Phi) is 7.18. The van der Waals surface area contributed by atoms with Gasteiger partial charge in [-0.25, -0.2) is 13.2 Å². The number of carbonyl (C=O) groups excluding carboxylic acids is 3. The Bertz CT molecular complexity index is 1050. The van der Waals surface area contributed by atoms with Crippen LogP contribution < -0.4 is 20.1 Å². The molecule has 1 atom stereocenters. The molecular formula is C21H19F3N2O6. The largest absolute Gasteiger partial charge is 0.454 e. The van der Waals surface area contributed by atoms with Gasteiger partial charge < -0.3 is 24.8 Å². The maximum absolute atomic E-state index is 13.6. The van der Waals surface area contributed by atoms with Gasteiger partial charge in [-0.2, -0.15) is 0 Å². The van der Waals surface area contributed by atoms with Gasteiger partial charge in [0.05, 0.1) is 12.2 Å². The molecule has 3 rings (SSSR count). The smallest absolute Gasteiger partial charge is 0.306 e. The lowest BCUT2D eigenvalue weighted by atomic mass is 10.1. The molecule has 2 amide bonds. The standard InChI is InChI=1S/C21H19F3N2O6/c1-11(32-18(28)7-3-12-2-6-15-16(8-12)31-10-30-15)21(29)25-9-17(27)26-14-5-4-13(22)19(23)20(14)24/h2,4-6,8,11H,3,7,9-10H2,1H3,(H,25,29)(H,26,27). The van der Waals surface area contributed by atoms with Crippen molar-refractivity contribution in [2.75, 3.05) is 18.7 Å². The fraction of sp³-hybridized carbons (Fsp3) is 0.286. The van der Waals surface area contributed by atoms with Gasteiger partial charge in [-0.05, 0) is 43.2 Å². The van der Waals surface area contributed by atoms with Gasteiger partial charge in [-0.1, -0.05) is 6.07 Å². The van der Waals surface area contributed by atoms with Crippen LogP contribution in [0.4, 0.5) is 18.9 Å². The van der Waals surface area contributed by atoms with Gasteiger partial charge >= 0.3 is 5.97 Å². The topological polar surface area (TPSA) is 103 Å². The Labute approximate surface area is 180 Å². The van der Waals surface area contributed by atoms with Crippen LogP contribution in [0.3, 0.4) is 0 Å². The number of anilines is 1. The molecule has 2 N–H and O–H groups in total. The maximum Gasteiger partial charge on any atom is 0.306 e. The molecule has 0 aromatic heterocycles. The molecule has 32 heavy (non-hydrogen) atoms. The van der Waals surface area contributed by atoms with E-state index in [9.17, 15) is 27.6 Å². The summed E-state index contributed by atoms with van der Waals surface area (Å²) in [5.74, 6) is -5.75. The van der Waals surface area contributed by atoms with Gasteiger partial charge in [0.2, 0.25) is 12.7 Å². The van der Waals surface area contributed by atoms with E-state index in [2.05, 4.69) is 5.32 Å².